The van der Waals surface area contributed by atoms with Crippen LogP contribution in [0.15, 0.2) is 36.4 Å². The van der Waals surface area contributed by atoms with Crippen molar-refractivity contribution >= 4 is 5.91 Å². The Morgan fingerprint density at radius 1 is 1.19 bits per heavy atom. The maximum atomic E-state index is 14.3. The Labute approximate surface area is 149 Å². The number of hydrogen-bond acceptors (Lipinski definition) is 3. The number of benzene rings is 2. The summed E-state index contributed by atoms with van der Waals surface area (Å²) >= 11 is 0. The minimum atomic E-state index is -0.695. The summed E-state index contributed by atoms with van der Waals surface area (Å²) in [6.07, 6.45) is 1.25. The summed E-state index contributed by atoms with van der Waals surface area (Å²) in [6.45, 7) is 0.601. The van der Waals surface area contributed by atoms with Crippen molar-refractivity contribution < 1.29 is 23.4 Å². The first-order valence-corrected chi connectivity index (χ1v) is 8.71. The first-order chi connectivity index (χ1) is 12.5. The summed E-state index contributed by atoms with van der Waals surface area (Å²) in [5, 5.41) is 12.5. The van der Waals surface area contributed by atoms with Crippen LogP contribution in [0.4, 0.5) is 8.78 Å². The normalized spacial score (nSPS) is 22.1. The molecule has 2 aromatic carbocycles. The van der Waals surface area contributed by atoms with Crippen molar-refractivity contribution in [2.45, 2.75) is 31.4 Å². The molecule has 0 aromatic heterocycles. The standard InChI is InChI=1S/C20H19F2NO3/c21-14-2-3-16(17(22)10-14)19(13-8-15(24)9-13)23-20(25)12-1-4-18-11(7-12)5-6-26-18/h1-4,7,10,13,15,19,24H,5-6,8-9H2,(H,23,25)/t13?,15?,19-/m1/s1. The molecule has 1 heterocycles. The first kappa shape index (κ1) is 17.0. The molecule has 4 rings (SSSR count). The van der Waals surface area contributed by atoms with Gasteiger partial charge in [-0.15, -0.1) is 0 Å². The molecule has 2 aromatic rings. The molecule has 0 unspecified atom stereocenters. The van der Waals surface area contributed by atoms with Gasteiger partial charge in [0.1, 0.15) is 17.4 Å². The van der Waals surface area contributed by atoms with E-state index in [1.165, 1.54) is 12.1 Å². The highest BCUT2D eigenvalue weighted by molar-refractivity contribution is 5.95. The average Bonchev–Trinajstić information content (AvgIpc) is 3.05. The number of carbonyl (C=O) groups excluding carboxylic acids is 1. The monoisotopic (exact) mass is 359 g/mol. The lowest BCUT2D eigenvalue weighted by atomic mass is 9.75. The van der Waals surface area contributed by atoms with E-state index in [0.717, 1.165) is 23.8 Å². The van der Waals surface area contributed by atoms with Crippen molar-refractivity contribution in [2.24, 2.45) is 5.92 Å². The van der Waals surface area contributed by atoms with Gasteiger partial charge in [-0.2, -0.15) is 0 Å². The maximum Gasteiger partial charge on any atom is 0.251 e. The van der Waals surface area contributed by atoms with Gasteiger partial charge in [-0.05, 0) is 48.6 Å². The van der Waals surface area contributed by atoms with Crippen LogP contribution in [0.2, 0.25) is 0 Å². The average molecular weight is 359 g/mol. The van der Waals surface area contributed by atoms with Crippen LogP contribution in [0, 0.1) is 17.6 Å². The zero-order valence-corrected chi connectivity index (χ0v) is 14.0. The molecule has 0 spiro atoms. The lowest BCUT2D eigenvalue weighted by molar-refractivity contribution is 0.0229. The molecule has 6 heteroatoms. The van der Waals surface area contributed by atoms with Crippen molar-refractivity contribution in [3.8, 4) is 5.75 Å². The van der Waals surface area contributed by atoms with Crippen LogP contribution >= 0.6 is 0 Å². The Morgan fingerprint density at radius 2 is 2.00 bits per heavy atom. The third-order valence-corrected chi connectivity index (χ3v) is 5.16. The molecule has 26 heavy (non-hydrogen) atoms. The molecule has 136 valence electrons. The van der Waals surface area contributed by atoms with Gasteiger partial charge in [-0.3, -0.25) is 4.79 Å². The predicted octanol–water partition coefficient (Wildman–Crippen LogP) is 3.14. The topological polar surface area (TPSA) is 58.6 Å². The summed E-state index contributed by atoms with van der Waals surface area (Å²) in [4.78, 5) is 12.7. The van der Waals surface area contributed by atoms with E-state index in [0.29, 0.717) is 25.0 Å². The molecule has 0 radical (unpaired) electrons. The predicted molar refractivity (Wildman–Crippen MR) is 90.9 cm³/mol. The number of amides is 1. The Bertz CT molecular complexity index is 849. The lowest BCUT2D eigenvalue weighted by Crippen LogP contribution is -2.41. The molecule has 0 saturated heterocycles. The zero-order valence-electron chi connectivity index (χ0n) is 14.0. The van der Waals surface area contributed by atoms with Crippen molar-refractivity contribution in [3.05, 3.63) is 64.7 Å². The van der Waals surface area contributed by atoms with Gasteiger partial charge < -0.3 is 15.2 Å². The summed E-state index contributed by atoms with van der Waals surface area (Å²) in [5.74, 6) is -0.992. The minimum Gasteiger partial charge on any atom is -0.493 e. The molecule has 2 N–H and O–H groups in total. The second-order valence-electron chi connectivity index (χ2n) is 6.92. The molecule has 2 aliphatic rings. The number of rotatable bonds is 4. The smallest absolute Gasteiger partial charge is 0.251 e. The largest absolute Gasteiger partial charge is 0.493 e. The molecule has 1 amide bonds. The van der Waals surface area contributed by atoms with E-state index >= 15 is 0 Å². The summed E-state index contributed by atoms with van der Waals surface area (Å²) in [7, 11) is 0. The number of halogens is 2. The highest BCUT2D eigenvalue weighted by Crippen LogP contribution is 2.39. The van der Waals surface area contributed by atoms with Gasteiger partial charge in [0, 0.05) is 23.6 Å². The Balaban J connectivity index is 1.59. The Morgan fingerprint density at radius 3 is 2.73 bits per heavy atom. The lowest BCUT2D eigenvalue weighted by Gasteiger charge is -2.38. The second-order valence-corrected chi connectivity index (χ2v) is 6.92. The first-order valence-electron chi connectivity index (χ1n) is 8.71. The number of hydrogen-bond donors (Lipinski definition) is 2. The number of ether oxygens (including phenoxy) is 1. The van der Waals surface area contributed by atoms with Gasteiger partial charge in [-0.25, -0.2) is 8.78 Å². The number of carbonyl (C=O) groups is 1. The van der Waals surface area contributed by atoms with E-state index in [1.807, 2.05) is 0 Å². The molecule has 1 aliphatic heterocycles. The SMILES string of the molecule is O=C(N[C@@H](c1ccc(F)cc1F)C1CC(O)C1)c1ccc2c(c1)CCO2. The van der Waals surface area contributed by atoms with Gasteiger partial charge >= 0.3 is 0 Å². The van der Waals surface area contributed by atoms with Gasteiger partial charge in [0.05, 0.1) is 18.8 Å². The van der Waals surface area contributed by atoms with Crippen LogP contribution in [-0.4, -0.2) is 23.7 Å². The number of aliphatic hydroxyl groups excluding tert-OH is 1. The third-order valence-electron chi connectivity index (χ3n) is 5.16. The highest BCUT2D eigenvalue weighted by atomic mass is 19.1. The number of aliphatic hydroxyl groups is 1. The van der Waals surface area contributed by atoms with Crippen LogP contribution in [0.1, 0.15) is 40.4 Å². The van der Waals surface area contributed by atoms with Gasteiger partial charge in [0.25, 0.3) is 5.91 Å². The van der Waals surface area contributed by atoms with E-state index in [-0.39, 0.29) is 17.4 Å². The quantitative estimate of drug-likeness (QED) is 0.882. The third kappa shape index (κ3) is 3.17. The van der Waals surface area contributed by atoms with Gasteiger partial charge in [0.15, 0.2) is 0 Å². The number of fused-ring (bicyclic) bond motifs is 1. The maximum absolute atomic E-state index is 14.3. The molecule has 1 saturated carbocycles. The van der Waals surface area contributed by atoms with Crippen LogP contribution in [0.3, 0.4) is 0 Å². The Hall–Kier alpha value is -2.47. The Kier molecular flexibility index (Phi) is 4.36. The summed E-state index contributed by atoms with van der Waals surface area (Å²) in [6, 6.07) is 7.96. The van der Waals surface area contributed by atoms with Crippen molar-refractivity contribution in [1.29, 1.82) is 0 Å². The van der Waals surface area contributed by atoms with Crippen molar-refractivity contribution in [1.82, 2.24) is 5.32 Å². The molecule has 1 atom stereocenters. The van der Waals surface area contributed by atoms with E-state index < -0.39 is 23.8 Å². The summed E-state index contributed by atoms with van der Waals surface area (Å²) in [5.41, 5.74) is 1.68. The molecule has 4 nitrogen and oxygen atoms in total. The fourth-order valence-corrected chi connectivity index (χ4v) is 3.66. The van der Waals surface area contributed by atoms with Crippen LogP contribution in [-0.2, 0) is 6.42 Å². The van der Waals surface area contributed by atoms with E-state index in [9.17, 15) is 18.7 Å². The molecule has 1 aliphatic carbocycles. The zero-order chi connectivity index (χ0) is 18.3. The molecule has 1 fully saturated rings. The van der Waals surface area contributed by atoms with E-state index in [1.54, 1.807) is 18.2 Å². The van der Waals surface area contributed by atoms with E-state index in [2.05, 4.69) is 5.32 Å². The van der Waals surface area contributed by atoms with Gasteiger partial charge in [0.2, 0.25) is 0 Å². The van der Waals surface area contributed by atoms with Crippen LogP contribution in [0.5, 0.6) is 5.75 Å². The van der Waals surface area contributed by atoms with Crippen molar-refractivity contribution in [2.75, 3.05) is 6.61 Å². The fourth-order valence-electron chi connectivity index (χ4n) is 3.66. The van der Waals surface area contributed by atoms with Crippen molar-refractivity contribution in [3.63, 3.8) is 0 Å². The van der Waals surface area contributed by atoms with E-state index in [4.69, 9.17) is 4.74 Å². The number of nitrogens with one attached hydrogen (secondary N) is 1. The van der Waals surface area contributed by atoms with Gasteiger partial charge in [-0.1, -0.05) is 6.07 Å². The van der Waals surface area contributed by atoms with Crippen LogP contribution < -0.4 is 10.1 Å². The highest BCUT2D eigenvalue weighted by Gasteiger charge is 2.37. The minimum absolute atomic E-state index is 0.0910. The summed E-state index contributed by atoms with van der Waals surface area (Å²) < 4.78 is 33.0. The fraction of sp³-hybridized carbons (Fsp3) is 0.350. The molecular weight excluding hydrogens is 340 g/mol. The van der Waals surface area contributed by atoms with Crippen LogP contribution in [0.25, 0.3) is 0 Å². The second kappa shape index (κ2) is 6.68. The molecule has 0 bridgehead atoms. The molecular formula is C20H19F2NO3.